The van der Waals surface area contributed by atoms with Crippen LogP contribution in [-0.4, -0.2) is 94.5 Å². The number of ether oxygens (including phenoxy) is 2. The van der Waals surface area contributed by atoms with E-state index in [-0.39, 0.29) is 54.5 Å². The maximum atomic E-state index is 13.4. The summed E-state index contributed by atoms with van der Waals surface area (Å²) in [6, 6.07) is 14.0. The third-order valence-corrected chi connectivity index (χ3v) is 13.2. The summed E-state index contributed by atoms with van der Waals surface area (Å²) in [6.07, 6.45) is 7.42. The Morgan fingerprint density at radius 1 is 0.967 bits per heavy atom. The summed E-state index contributed by atoms with van der Waals surface area (Å²) in [5.74, 6) is 1.04. The zero-order valence-corrected chi connectivity index (χ0v) is 35.9. The number of nitrogens with zero attached hydrogens (tertiary/aromatic N) is 5. The summed E-state index contributed by atoms with van der Waals surface area (Å²) in [4.78, 5) is 63.9. The summed E-state index contributed by atoms with van der Waals surface area (Å²) in [6.45, 7) is 15.5. The summed E-state index contributed by atoms with van der Waals surface area (Å²) in [7, 11) is 0. The number of imide groups is 1. The number of anilines is 1. The van der Waals surface area contributed by atoms with Crippen LogP contribution in [0.4, 0.5) is 5.82 Å². The second kappa shape index (κ2) is 17.4. The predicted molar refractivity (Wildman–Crippen MR) is 226 cm³/mol. The Labute approximate surface area is 356 Å². The lowest BCUT2D eigenvalue weighted by atomic mass is 9.49. The van der Waals surface area contributed by atoms with Crippen molar-refractivity contribution in [3.63, 3.8) is 0 Å². The number of nitriles is 1. The van der Waals surface area contributed by atoms with Gasteiger partial charge in [0.2, 0.25) is 11.8 Å². The molecular weight excluding hydrogens is 784 g/mol. The molecule has 4 fully saturated rings. The van der Waals surface area contributed by atoms with Crippen LogP contribution in [0.25, 0.3) is 0 Å². The molecule has 7 rings (SSSR count). The molecule has 2 aliphatic heterocycles. The Morgan fingerprint density at radius 2 is 1.68 bits per heavy atom. The van der Waals surface area contributed by atoms with Crippen molar-refractivity contribution in [1.82, 2.24) is 30.8 Å². The Morgan fingerprint density at radius 3 is 2.32 bits per heavy atom. The molecule has 0 radical (unpaired) electrons. The standard InChI is InChI=1S/C45H55ClN8O6/c1-26(2)54(30-19-33(20-30)59-31-9-7-8-28(18-31)39(56)50-35-12-13-38(55)51-40(35)57)25-27-14-16-53(17-15-27)37-24-48-36(23-49-37)41(58)52-42-44(3,4)43(45(42,5)6)60-32-11-10-29(22-47)34(46)21-32/h7-11,18,21,23-24,26-27,30,33,35,42-43H,12-17,19-20,25H2,1-6H3,(H,50,56)(H,52,58)(H,51,55,57)/t30-,33-,35?,42-,43-. The molecule has 2 aromatic carbocycles. The van der Waals surface area contributed by atoms with Crippen LogP contribution >= 0.6 is 11.6 Å². The number of carbonyl (C=O) groups excluding carboxylic acids is 4. The number of amides is 4. The van der Waals surface area contributed by atoms with Gasteiger partial charge in [0.1, 0.15) is 47.3 Å². The van der Waals surface area contributed by atoms with Crippen LogP contribution in [0, 0.1) is 28.1 Å². The fourth-order valence-electron chi connectivity index (χ4n) is 9.71. The number of nitrogens with one attached hydrogen (secondary N) is 3. The second-order valence-corrected chi connectivity index (χ2v) is 18.6. The van der Waals surface area contributed by atoms with Gasteiger partial charge in [-0.05, 0) is 69.4 Å². The summed E-state index contributed by atoms with van der Waals surface area (Å²) in [5, 5.41) is 17.7. The van der Waals surface area contributed by atoms with Crippen LogP contribution in [0.5, 0.6) is 11.5 Å². The molecule has 4 amide bonds. The molecule has 3 N–H and O–H groups in total. The molecule has 3 heterocycles. The van der Waals surface area contributed by atoms with E-state index < -0.39 is 22.8 Å². The molecule has 1 aromatic heterocycles. The van der Waals surface area contributed by atoms with Crippen molar-refractivity contribution >= 4 is 41.0 Å². The first-order valence-corrected chi connectivity index (χ1v) is 21.3. The van der Waals surface area contributed by atoms with E-state index >= 15 is 0 Å². The number of halogens is 1. The molecule has 15 heteroatoms. The quantitative estimate of drug-likeness (QED) is 0.180. The lowest BCUT2D eigenvalue weighted by Crippen LogP contribution is -2.74. The number of benzene rings is 2. The first kappa shape index (κ1) is 42.8. The minimum atomic E-state index is -0.734. The molecule has 318 valence electrons. The first-order valence-electron chi connectivity index (χ1n) is 20.9. The topological polar surface area (TPSA) is 179 Å². The van der Waals surface area contributed by atoms with Gasteiger partial charge in [-0.15, -0.1) is 0 Å². The van der Waals surface area contributed by atoms with Crippen LogP contribution in [-0.2, 0) is 9.59 Å². The predicted octanol–water partition coefficient (Wildman–Crippen LogP) is 5.69. The van der Waals surface area contributed by atoms with Gasteiger partial charge in [0.25, 0.3) is 11.8 Å². The van der Waals surface area contributed by atoms with Gasteiger partial charge in [-0.2, -0.15) is 5.26 Å². The van der Waals surface area contributed by atoms with E-state index in [1.807, 2.05) is 6.07 Å². The molecule has 0 bridgehead atoms. The molecule has 2 saturated carbocycles. The third-order valence-electron chi connectivity index (χ3n) is 12.9. The smallest absolute Gasteiger partial charge is 0.271 e. The van der Waals surface area contributed by atoms with Crippen molar-refractivity contribution in [3.8, 4) is 17.6 Å². The van der Waals surface area contributed by atoms with Crippen LogP contribution < -0.4 is 30.3 Å². The molecule has 2 aliphatic carbocycles. The normalized spacial score (nSPS) is 24.7. The SMILES string of the molecule is CC(C)N(CC1CCN(c2cnc(C(=O)N[C@H]3C(C)(C)[C@H](Oc4ccc(C#N)c(Cl)c4)C3(C)C)cn2)CC1)[C@H]1C[C@H](Oc2cccc(C(=O)NC3CCC(=O)NC3=O)c2)C1. The van der Waals surface area contributed by atoms with Gasteiger partial charge in [-0.3, -0.25) is 29.4 Å². The van der Waals surface area contributed by atoms with E-state index in [4.69, 9.17) is 21.1 Å². The number of carbonyl (C=O) groups is 4. The van der Waals surface area contributed by atoms with Crippen LogP contribution in [0.3, 0.4) is 0 Å². The van der Waals surface area contributed by atoms with Gasteiger partial charge in [0, 0.05) is 79.5 Å². The fraction of sp³-hybridized carbons (Fsp3) is 0.533. The highest BCUT2D eigenvalue weighted by Crippen LogP contribution is 2.55. The lowest BCUT2D eigenvalue weighted by molar-refractivity contribution is -0.164. The molecule has 14 nitrogen and oxygen atoms in total. The van der Waals surface area contributed by atoms with Crippen molar-refractivity contribution in [2.45, 2.75) is 116 Å². The summed E-state index contributed by atoms with van der Waals surface area (Å²) in [5.41, 5.74) is 0.270. The molecule has 1 unspecified atom stereocenters. The lowest BCUT2D eigenvalue weighted by Gasteiger charge is -2.63. The molecule has 2 saturated heterocycles. The number of aromatic nitrogens is 2. The van der Waals surface area contributed by atoms with Gasteiger partial charge >= 0.3 is 0 Å². The van der Waals surface area contributed by atoms with Gasteiger partial charge in [-0.1, -0.05) is 45.4 Å². The van der Waals surface area contributed by atoms with Crippen LogP contribution in [0.1, 0.15) is 106 Å². The van der Waals surface area contributed by atoms with Crippen molar-refractivity contribution in [3.05, 3.63) is 76.7 Å². The molecule has 60 heavy (non-hydrogen) atoms. The Balaban J connectivity index is 0.854. The fourth-order valence-corrected chi connectivity index (χ4v) is 9.92. The molecule has 1 atom stereocenters. The van der Waals surface area contributed by atoms with E-state index in [1.165, 1.54) is 0 Å². The first-order chi connectivity index (χ1) is 28.5. The van der Waals surface area contributed by atoms with E-state index in [2.05, 4.69) is 83.3 Å². The number of piperidine rings is 2. The molecular formula is C45H55ClN8O6. The van der Waals surface area contributed by atoms with Crippen molar-refractivity contribution < 1.29 is 28.7 Å². The van der Waals surface area contributed by atoms with E-state index in [1.54, 1.807) is 48.8 Å². The Hall–Kier alpha value is -5.26. The van der Waals surface area contributed by atoms with E-state index in [0.29, 0.717) is 45.7 Å². The maximum Gasteiger partial charge on any atom is 0.271 e. The minimum absolute atomic E-state index is 0.0490. The highest BCUT2D eigenvalue weighted by Gasteiger charge is 2.64. The Bertz CT molecular complexity index is 2130. The monoisotopic (exact) mass is 838 g/mol. The minimum Gasteiger partial charge on any atom is -0.490 e. The number of hydrogen-bond acceptors (Lipinski definition) is 11. The Kier molecular flexibility index (Phi) is 12.4. The highest BCUT2D eigenvalue weighted by atomic mass is 35.5. The van der Waals surface area contributed by atoms with Crippen molar-refractivity contribution in [2.75, 3.05) is 24.5 Å². The number of hydrogen-bond donors (Lipinski definition) is 3. The van der Waals surface area contributed by atoms with Crippen molar-refractivity contribution in [2.24, 2.45) is 16.7 Å². The zero-order valence-electron chi connectivity index (χ0n) is 35.2. The second-order valence-electron chi connectivity index (χ2n) is 18.2. The van der Waals surface area contributed by atoms with Crippen LogP contribution in [0.15, 0.2) is 54.9 Å². The average Bonchev–Trinajstić information content (AvgIpc) is 3.20. The highest BCUT2D eigenvalue weighted by molar-refractivity contribution is 6.31. The van der Waals surface area contributed by atoms with Gasteiger partial charge in [0.05, 0.1) is 23.0 Å². The summed E-state index contributed by atoms with van der Waals surface area (Å²) < 4.78 is 12.7. The van der Waals surface area contributed by atoms with Crippen LogP contribution in [0.2, 0.25) is 5.02 Å². The van der Waals surface area contributed by atoms with Crippen molar-refractivity contribution in [1.29, 1.82) is 5.26 Å². The zero-order chi connectivity index (χ0) is 42.9. The molecule has 4 aliphatic rings. The van der Waals surface area contributed by atoms with Gasteiger partial charge in [-0.25, -0.2) is 9.97 Å². The largest absolute Gasteiger partial charge is 0.490 e. The van der Waals surface area contributed by atoms with E-state index in [0.717, 1.165) is 51.1 Å². The van der Waals surface area contributed by atoms with Gasteiger partial charge in [0.15, 0.2) is 0 Å². The van der Waals surface area contributed by atoms with Gasteiger partial charge < -0.3 is 25.0 Å². The summed E-state index contributed by atoms with van der Waals surface area (Å²) >= 11 is 6.25. The average molecular weight is 839 g/mol. The maximum absolute atomic E-state index is 13.4. The van der Waals surface area contributed by atoms with E-state index in [9.17, 15) is 24.4 Å². The molecule has 0 spiro atoms. The number of rotatable bonds is 13. The third kappa shape index (κ3) is 9.07. The molecule has 3 aromatic rings.